The Bertz CT molecular complexity index is 746. The van der Waals surface area contributed by atoms with Gasteiger partial charge in [-0.1, -0.05) is 5.21 Å². The Morgan fingerprint density at radius 2 is 2.22 bits per heavy atom. The highest BCUT2D eigenvalue weighted by Crippen LogP contribution is 2.17. The minimum atomic E-state index is -0.746. The molecule has 90 valence electrons. The van der Waals surface area contributed by atoms with Crippen LogP contribution in [0.3, 0.4) is 0 Å². The summed E-state index contributed by atoms with van der Waals surface area (Å²) in [6.07, 6.45) is 0. The van der Waals surface area contributed by atoms with Crippen LogP contribution in [0.4, 0.5) is 4.39 Å². The van der Waals surface area contributed by atoms with Crippen molar-refractivity contribution in [3.63, 3.8) is 0 Å². The van der Waals surface area contributed by atoms with Gasteiger partial charge in [0.2, 0.25) is 5.82 Å². The van der Waals surface area contributed by atoms with E-state index in [1.165, 1.54) is 22.9 Å². The minimum Gasteiger partial charge on any atom is -0.364 e. The van der Waals surface area contributed by atoms with Gasteiger partial charge in [-0.2, -0.15) is 9.90 Å². The molecule has 3 rings (SSSR count). The number of aromatic amines is 1. The maximum Gasteiger partial charge on any atom is 0.273 e. The van der Waals surface area contributed by atoms with Crippen LogP contribution in [0.5, 0.6) is 0 Å². The summed E-state index contributed by atoms with van der Waals surface area (Å²) in [5.41, 5.74) is 5.92. The lowest BCUT2D eigenvalue weighted by molar-refractivity contribution is 0.0995. The van der Waals surface area contributed by atoms with Gasteiger partial charge < -0.3 is 5.73 Å². The molecule has 0 fully saturated rings. The monoisotopic (exact) mass is 247 g/mol. The van der Waals surface area contributed by atoms with Crippen molar-refractivity contribution in [2.45, 2.75) is 0 Å². The van der Waals surface area contributed by atoms with E-state index >= 15 is 0 Å². The first-order valence-corrected chi connectivity index (χ1v) is 4.89. The predicted molar refractivity (Wildman–Crippen MR) is 57.3 cm³/mol. The summed E-state index contributed by atoms with van der Waals surface area (Å²) in [5.74, 6) is -1.05. The number of fused-ring (bicyclic) bond motifs is 1. The summed E-state index contributed by atoms with van der Waals surface area (Å²) < 4.78 is 14.3. The molecule has 0 spiro atoms. The van der Waals surface area contributed by atoms with Gasteiger partial charge in [-0.25, -0.2) is 4.39 Å². The lowest BCUT2D eigenvalue weighted by Crippen LogP contribution is -2.15. The number of rotatable bonds is 2. The van der Waals surface area contributed by atoms with Crippen LogP contribution in [-0.4, -0.2) is 36.3 Å². The molecular weight excluding hydrogens is 241 g/mol. The maximum absolute atomic E-state index is 13.0. The first-order chi connectivity index (χ1) is 8.66. The molecule has 0 atom stereocenters. The number of carbonyl (C=O) groups excluding carboxylic acids is 1. The van der Waals surface area contributed by atoms with E-state index in [-0.39, 0.29) is 11.5 Å². The molecule has 1 amide bonds. The van der Waals surface area contributed by atoms with E-state index in [1.54, 1.807) is 0 Å². The zero-order valence-electron chi connectivity index (χ0n) is 8.83. The largest absolute Gasteiger partial charge is 0.364 e. The average Bonchev–Trinajstić information content (AvgIpc) is 2.92. The van der Waals surface area contributed by atoms with Crippen LogP contribution >= 0.6 is 0 Å². The number of hydrogen-bond acceptors (Lipinski definition) is 5. The third-order valence-electron chi connectivity index (χ3n) is 2.37. The maximum atomic E-state index is 13.0. The lowest BCUT2D eigenvalue weighted by Gasteiger charge is -1.97. The highest BCUT2D eigenvalue weighted by atomic mass is 19.1. The molecule has 9 heteroatoms. The summed E-state index contributed by atoms with van der Waals surface area (Å²) in [7, 11) is 0. The van der Waals surface area contributed by atoms with E-state index < -0.39 is 11.7 Å². The Morgan fingerprint density at radius 1 is 1.39 bits per heavy atom. The van der Waals surface area contributed by atoms with Crippen LogP contribution in [0.15, 0.2) is 18.2 Å². The number of aromatic nitrogens is 6. The van der Waals surface area contributed by atoms with Crippen molar-refractivity contribution in [3.8, 4) is 5.82 Å². The predicted octanol–water partition coefficient (Wildman–Crippen LogP) is -0.223. The molecule has 0 aliphatic carbocycles. The topological polar surface area (TPSA) is 115 Å². The van der Waals surface area contributed by atoms with Crippen LogP contribution in [0, 0.1) is 5.82 Å². The quantitative estimate of drug-likeness (QED) is 0.649. The summed E-state index contributed by atoms with van der Waals surface area (Å²) in [5, 5.41) is 17.3. The minimum absolute atomic E-state index is 0.0638. The lowest BCUT2D eigenvalue weighted by atomic mass is 10.3. The summed E-state index contributed by atoms with van der Waals surface area (Å²) >= 11 is 0. The van der Waals surface area contributed by atoms with Crippen molar-refractivity contribution in [1.29, 1.82) is 0 Å². The number of H-pyrrole nitrogens is 1. The summed E-state index contributed by atoms with van der Waals surface area (Å²) in [4.78, 5) is 11.1. The van der Waals surface area contributed by atoms with E-state index in [0.29, 0.717) is 11.0 Å². The van der Waals surface area contributed by atoms with Gasteiger partial charge >= 0.3 is 0 Å². The van der Waals surface area contributed by atoms with Crippen LogP contribution < -0.4 is 5.73 Å². The second-order valence-electron chi connectivity index (χ2n) is 3.49. The van der Waals surface area contributed by atoms with Crippen molar-refractivity contribution in [2.24, 2.45) is 5.73 Å². The molecular formula is C9H6FN7O. The Balaban J connectivity index is 2.26. The second kappa shape index (κ2) is 3.58. The number of amides is 1. The van der Waals surface area contributed by atoms with Gasteiger partial charge in [0.1, 0.15) is 11.3 Å². The van der Waals surface area contributed by atoms with Gasteiger partial charge in [0, 0.05) is 6.07 Å². The number of benzene rings is 1. The fraction of sp³-hybridized carbons (Fsp3) is 0. The first-order valence-electron chi connectivity index (χ1n) is 4.89. The van der Waals surface area contributed by atoms with Crippen molar-refractivity contribution < 1.29 is 9.18 Å². The third-order valence-corrected chi connectivity index (χ3v) is 2.37. The van der Waals surface area contributed by atoms with Crippen LogP contribution in [0.2, 0.25) is 0 Å². The fourth-order valence-corrected chi connectivity index (χ4v) is 1.59. The number of nitrogens with one attached hydrogen (secondary N) is 1. The number of primary amides is 1. The summed E-state index contributed by atoms with van der Waals surface area (Å²) in [6, 6.07) is 3.96. The molecule has 0 saturated carbocycles. The Morgan fingerprint density at radius 3 is 3.00 bits per heavy atom. The van der Waals surface area contributed by atoms with Gasteiger partial charge in [0.25, 0.3) is 5.91 Å². The molecule has 0 unspecified atom stereocenters. The van der Waals surface area contributed by atoms with Crippen molar-refractivity contribution in [1.82, 2.24) is 30.4 Å². The number of nitrogens with two attached hydrogens (primary N) is 1. The fourth-order valence-electron chi connectivity index (χ4n) is 1.59. The van der Waals surface area contributed by atoms with Crippen LogP contribution in [0.1, 0.15) is 10.5 Å². The number of carbonyl (C=O) groups is 1. The molecule has 0 aliphatic heterocycles. The molecule has 1 aromatic carbocycles. The summed E-state index contributed by atoms with van der Waals surface area (Å²) in [6.45, 7) is 0. The van der Waals surface area contributed by atoms with Gasteiger partial charge in [-0.15, -0.1) is 15.3 Å². The van der Waals surface area contributed by atoms with Gasteiger partial charge in [-0.3, -0.25) is 4.79 Å². The Kier molecular flexibility index (Phi) is 2.06. The van der Waals surface area contributed by atoms with Crippen molar-refractivity contribution >= 4 is 16.9 Å². The zero-order valence-corrected chi connectivity index (χ0v) is 8.83. The van der Waals surface area contributed by atoms with Gasteiger partial charge in [0.05, 0.1) is 5.52 Å². The number of hydrogen-bond donors (Lipinski definition) is 2. The van der Waals surface area contributed by atoms with E-state index in [9.17, 15) is 9.18 Å². The molecule has 8 nitrogen and oxygen atoms in total. The highest BCUT2D eigenvalue weighted by Gasteiger charge is 2.18. The van der Waals surface area contributed by atoms with E-state index in [2.05, 4.69) is 25.7 Å². The molecule has 0 bridgehead atoms. The molecule has 0 saturated heterocycles. The van der Waals surface area contributed by atoms with Gasteiger partial charge in [-0.05, 0) is 12.1 Å². The number of halogens is 1. The average molecular weight is 247 g/mol. The van der Waals surface area contributed by atoms with Crippen LogP contribution in [0.25, 0.3) is 16.9 Å². The molecule has 0 aliphatic rings. The third kappa shape index (κ3) is 1.41. The molecule has 2 heterocycles. The molecule has 3 N–H and O–H groups in total. The smallest absolute Gasteiger partial charge is 0.273 e. The Hall–Kier alpha value is -2.84. The molecule has 2 aromatic heterocycles. The molecule has 18 heavy (non-hydrogen) atoms. The van der Waals surface area contributed by atoms with E-state index in [0.717, 1.165) is 0 Å². The molecule has 3 aromatic rings. The van der Waals surface area contributed by atoms with E-state index in [1.807, 2.05) is 0 Å². The van der Waals surface area contributed by atoms with Crippen molar-refractivity contribution in [3.05, 3.63) is 29.7 Å². The highest BCUT2D eigenvalue weighted by molar-refractivity contribution is 5.94. The normalized spacial score (nSPS) is 10.9. The standard InChI is InChI=1S/C9H6FN7O/c10-4-1-2-6-5(3-4)12-16-17(6)9-7(8(11)18)13-15-14-9/h1-3H,(H2,11,18)(H,13,14,15). The van der Waals surface area contributed by atoms with Crippen molar-refractivity contribution in [2.75, 3.05) is 0 Å². The Labute approximate surface area is 98.6 Å². The first kappa shape index (κ1) is 10.3. The second-order valence-corrected chi connectivity index (χ2v) is 3.49. The van der Waals surface area contributed by atoms with Crippen LogP contribution in [-0.2, 0) is 0 Å². The van der Waals surface area contributed by atoms with E-state index in [4.69, 9.17) is 5.73 Å². The zero-order chi connectivity index (χ0) is 12.7. The number of nitrogens with zero attached hydrogens (tertiary/aromatic N) is 5. The SMILES string of the molecule is NC(=O)c1n[nH]nc1-n1nnc2cc(F)ccc21. The molecule has 0 radical (unpaired) electrons. The van der Waals surface area contributed by atoms with Gasteiger partial charge in [0.15, 0.2) is 5.69 Å².